The molecule has 1 aromatic carbocycles. The number of carboxylic acids is 1. The van der Waals surface area contributed by atoms with Crippen LogP contribution in [0.5, 0.6) is 0 Å². The van der Waals surface area contributed by atoms with Crippen LogP contribution in [-0.4, -0.2) is 30.2 Å². The van der Waals surface area contributed by atoms with E-state index < -0.39 is 5.97 Å². The van der Waals surface area contributed by atoms with Crippen LogP contribution < -0.4 is 11.1 Å². The molecule has 0 aromatic heterocycles. The average Bonchev–Trinajstić information content (AvgIpc) is 2.81. The number of hydrogen-bond donors (Lipinski definition) is 3. The Morgan fingerprint density at radius 3 is 2.83 bits per heavy atom. The fourth-order valence-corrected chi connectivity index (χ4v) is 1.83. The van der Waals surface area contributed by atoms with Gasteiger partial charge in [-0.1, -0.05) is 0 Å². The third-order valence-corrected chi connectivity index (χ3v) is 2.83. The van der Waals surface area contributed by atoms with E-state index in [0.717, 1.165) is 0 Å². The predicted octanol–water partition coefficient (Wildman–Crippen LogP) is 0.942. The molecule has 0 aliphatic carbocycles. The summed E-state index contributed by atoms with van der Waals surface area (Å²) in [4.78, 5) is 22.9. The van der Waals surface area contributed by atoms with Crippen LogP contribution in [0.25, 0.3) is 0 Å². The van der Waals surface area contributed by atoms with Crippen molar-refractivity contribution < 1.29 is 19.4 Å². The van der Waals surface area contributed by atoms with Gasteiger partial charge in [0.15, 0.2) is 0 Å². The molecule has 1 unspecified atom stereocenters. The number of hydrogen-bond acceptors (Lipinski definition) is 4. The van der Waals surface area contributed by atoms with Gasteiger partial charge in [0.05, 0.1) is 23.8 Å². The number of carbonyl (C=O) groups excluding carboxylic acids is 1. The first-order valence-corrected chi connectivity index (χ1v) is 5.59. The molecule has 96 valence electrons. The van der Waals surface area contributed by atoms with Gasteiger partial charge in [0, 0.05) is 12.3 Å². The fourth-order valence-electron chi connectivity index (χ4n) is 1.83. The highest BCUT2D eigenvalue weighted by molar-refractivity contribution is 6.01. The summed E-state index contributed by atoms with van der Waals surface area (Å²) < 4.78 is 5.12. The monoisotopic (exact) mass is 250 g/mol. The van der Waals surface area contributed by atoms with E-state index in [4.69, 9.17) is 15.6 Å². The molecule has 1 aromatic rings. The fraction of sp³-hybridized carbons (Fsp3) is 0.333. The third kappa shape index (κ3) is 2.60. The lowest BCUT2D eigenvalue weighted by Gasteiger charge is -2.12. The van der Waals surface area contributed by atoms with E-state index >= 15 is 0 Å². The number of ether oxygens (including phenoxy) is 1. The van der Waals surface area contributed by atoms with Gasteiger partial charge in [-0.3, -0.25) is 4.79 Å². The molecule has 0 radical (unpaired) electrons. The van der Waals surface area contributed by atoms with Crippen molar-refractivity contribution in [2.24, 2.45) is 5.92 Å². The number of anilines is 2. The molecular weight excluding hydrogens is 236 g/mol. The van der Waals surface area contributed by atoms with Crippen molar-refractivity contribution in [2.75, 3.05) is 24.3 Å². The number of rotatable bonds is 3. The molecule has 1 atom stereocenters. The highest BCUT2D eigenvalue weighted by Crippen LogP contribution is 2.21. The van der Waals surface area contributed by atoms with Gasteiger partial charge in [-0.25, -0.2) is 4.79 Å². The van der Waals surface area contributed by atoms with Crippen LogP contribution in [0.2, 0.25) is 0 Å². The Kier molecular flexibility index (Phi) is 3.47. The zero-order chi connectivity index (χ0) is 13.1. The van der Waals surface area contributed by atoms with E-state index in [9.17, 15) is 9.59 Å². The van der Waals surface area contributed by atoms with Crippen molar-refractivity contribution in [3.63, 3.8) is 0 Å². The predicted molar refractivity (Wildman–Crippen MR) is 65.4 cm³/mol. The van der Waals surface area contributed by atoms with E-state index in [1.807, 2.05) is 0 Å². The Balaban J connectivity index is 2.19. The molecule has 1 amide bonds. The second-order valence-electron chi connectivity index (χ2n) is 4.16. The standard InChI is InChI=1S/C12H14N2O4/c13-8-1-2-9(12(16)17)10(5-8)14-11(15)7-3-4-18-6-7/h1-2,5,7H,3-4,6,13H2,(H,14,15)(H,16,17). The normalized spacial score (nSPS) is 18.6. The summed E-state index contributed by atoms with van der Waals surface area (Å²) in [5.74, 6) is -1.57. The van der Waals surface area contributed by atoms with Gasteiger partial charge < -0.3 is 20.9 Å². The van der Waals surface area contributed by atoms with Gasteiger partial charge in [-0.05, 0) is 24.6 Å². The number of aromatic carboxylic acids is 1. The zero-order valence-corrected chi connectivity index (χ0v) is 9.68. The first-order chi connectivity index (χ1) is 8.58. The van der Waals surface area contributed by atoms with Crippen molar-refractivity contribution in [2.45, 2.75) is 6.42 Å². The Morgan fingerprint density at radius 1 is 1.44 bits per heavy atom. The van der Waals surface area contributed by atoms with Crippen LogP contribution in [-0.2, 0) is 9.53 Å². The lowest BCUT2D eigenvalue weighted by Crippen LogP contribution is -2.24. The Bertz CT molecular complexity index is 481. The van der Waals surface area contributed by atoms with Crippen molar-refractivity contribution in [3.05, 3.63) is 23.8 Å². The maximum atomic E-state index is 11.9. The summed E-state index contributed by atoms with van der Waals surface area (Å²) >= 11 is 0. The quantitative estimate of drug-likeness (QED) is 0.693. The van der Waals surface area contributed by atoms with Gasteiger partial charge in [0.2, 0.25) is 5.91 Å². The lowest BCUT2D eigenvalue weighted by atomic mass is 10.1. The molecule has 1 fully saturated rings. The Labute approximate surface area is 104 Å². The van der Waals surface area contributed by atoms with Crippen molar-refractivity contribution in [1.29, 1.82) is 0 Å². The minimum absolute atomic E-state index is 0.0245. The number of nitrogens with two attached hydrogens (primary N) is 1. The van der Waals surface area contributed by atoms with E-state index in [1.54, 1.807) is 0 Å². The highest BCUT2D eigenvalue weighted by atomic mass is 16.5. The second kappa shape index (κ2) is 5.05. The molecule has 0 saturated carbocycles. The van der Waals surface area contributed by atoms with Gasteiger partial charge >= 0.3 is 5.97 Å². The largest absolute Gasteiger partial charge is 0.478 e. The summed E-state index contributed by atoms with van der Waals surface area (Å²) in [5.41, 5.74) is 6.23. The molecule has 1 aliphatic rings. The van der Waals surface area contributed by atoms with E-state index in [2.05, 4.69) is 5.32 Å². The van der Waals surface area contributed by atoms with Crippen molar-refractivity contribution in [1.82, 2.24) is 0 Å². The summed E-state index contributed by atoms with van der Waals surface area (Å²) in [5, 5.41) is 11.6. The minimum atomic E-state index is -1.10. The van der Waals surface area contributed by atoms with Crippen LogP contribution in [0.3, 0.4) is 0 Å². The molecule has 6 heteroatoms. The summed E-state index contributed by atoms with van der Waals surface area (Å²) in [7, 11) is 0. The summed E-state index contributed by atoms with van der Waals surface area (Å²) in [6.07, 6.45) is 0.649. The molecule has 1 aliphatic heterocycles. The first kappa shape index (κ1) is 12.4. The molecule has 0 bridgehead atoms. The Hall–Kier alpha value is -2.08. The molecule has 1 saturated heterocycles. The summed E-state index contributed by atoms with van der Waals surface area (Å²) in [6, 6.07) is 4.30. The van der Waals surface area contributed by atoms with Gasteiger partial charge in [-0.15, -0.1) is 0 Å². The molecule has 2 rings (SSSR count). The maximum absolute atomic E-state index is 11.9. The van der Waals surface area contributed by atoms with E-state index in [0.29, 0.717) is 25.3 Å². The van der Waals surface area contributed by atoms with Gasteiger partial charge in [0.1, 0.15) is 0 Å². The first-order valence-electron chi connectivity index (χ1n) is 5.59. The molecule has 1 heterocycles. The number of carboxylic acid groups (broad SMARTS) is 1. The number of nitrogen functional groups attached to an aromatic ring is 1. The molecule has 4 N–H and O–H groups in total. The highest BCUT2D eigenvalue weighted by Gasteiger charge is 2.24. The third-order valence-electron chi connectivity index (χ3n) is 2.83. The van der Waals surface area contributed by atoms with Crippen LogP contribution in [0, 0.1) is 5.92 Å². The Morgan fingerprint density at radius 2 is 2.22 bits per heavy atom. The summed E-state index contributed by atoms with van der Waals surface area (Å²) in [6.45, 7) is 0.928. The van der Waals surface area contributed by atoms with E-state index in [1.165, 1.54) is 18.2 Å². The number of carbonyl (C=O) groups is 2. The topological polar surface area (TPSA) is 102 Å². The molecule has 18 heavy (non-hydrogen) atoms. The van der Waals surface area contributed by atoms with Crippen LogP contribution in [0.4, 0.5) is 11.4 Å². The molecular formula is C12H14N2O4. The van der Waals surface area contributed by atoms with Gasteiger partial charge in [0.25, 0.3) is 0 Å². The van der Waals surface area contributed by atoms with Gasteiger partial charge in [-0.2, -0.15) is 0 Å². The van der Waals surface area contributed by atoms with Crippen LogP contribution in [0.1, 0.15) is 16.8 Å². The number of amides is 1. The van der Waals surface area contributed by atoms with Crippen molar-refractivity contribution in [3.8, 4) is 0 Å². The minimum Gasteiger partial charge on any atom is -0.478 e. The molecule has 0 spiro atoms. The SMILES string of the molecule is Nc1ccc(C(=O)O)c(NC(=O)C2CCOC2)c1. The number of benzene rings is 1. The number of nitrogens with one attached hydrogen (secondary N) is 1. The average molecular weight is 250 g/mol. The maximum Gasteiger partial charge on any atom is 0.337 e. The van der Waals surface area contributed by atoms with Crippen LogP contribution >= 0.6 is 0 Å². The molecule has 6 nitrogen and oxygen atoms in total. The zero-order valence-electron chi connectivity index (χ0n) is 9.68. The lowest BCUT2D eigenvalue weighted by molar-refractivity contribution is -0.119. The van der Waals surface area contributed by atoms with E-state index in [-0.39, 0.29) is 23.1 Å². The smallest absolute Gasteiger partial charge is 0.337 e. The van der Waals surface area contributed by atoms with Crippen molar-refractivity contribution >= 4 is 23.3 Å². The van der Waals surface area contributed by atoms with Crippen LogP contribution in [0.15, 0.2) is 18.2 Å². The second-order valence-corrected chi connectivity index (χ2v) is 4.16.